The van der Waals surface area contributed by atoms with E-state index >= 15 is 0 Å². The van der Waals surface area contributed by atoms with Crippen LogP contribution in [0.5, 0.6) is 5.75 Å². The first-order chi connectivity index (χ1) is 9.83. The molecule has 2 aromatic carbocycles. The van der Waals surface area contributed by atoms with Crippen molar-refractivity contribution in [1.82, 2.24) is 0 Å². The molecule has 20 heavy (non-hydrogen) atoms. The zero-order valence-electron chi connectivity index (χ0n) is 10.8. The summed E-state index contributed by atoms with van der Waals surface area (Å²) in [6, 6.07) is 16.3. The average Bonchev–Trinajstić information content (AvgIpc) is 2.65. The molecule has 0 atom stereocenters. The number of rotatable bonds is 1. The van der Waals surface area contributed by atoms with Gasteiger partial charge in [-0.05, 0) is 22.8 Å². The number of nitrogens with zero attached hydrogens (tertiary/aromatic N) is 1. The van der Waals surface area contributed by atoms with Gasteiger partial charge < -0.3 is 4.74 Å². The van der Waals surface area contributed by atoms with Gasteiger partial charge in [0.1, 0.15) is 12.4 Å². The van der Waals surface area contributed by atoms with Crippen molar-refractivity contribution >= 4 is 21.5 Å². The fourth-order valence-electron chi connectivity index (χ4n) is 2.45. The van der Waals surface area contributed by atoms with Gasteiger partial charge in [0, 0.05) is 22.5 Å². The first-order valence-electron chi connectivity index (χ1n) is 6.33. The molecule has 0 unspecified atom stereocenters. The van der Waals surface area contributed by atoms with Crippen LogP contribution >= 0.6 is 15.9 Å². The van der Waals surface area contributed by atoms with Gasteiger partial charge in [0.15, 0.2) is 0 Å². The molecule has 1 aliphatic rings. The van der Waals surface area contributed by atoms with E-state index in [4.69, 9.17) is 10.00 Å². The van der Waals surface area contributed by atoms with Crippen LogP contribution in [0.25, 0.3) is 5.57 Å². The maximum atomic E-state index is 9.09. The van der Waals surface area contributed by atoms with Crippen LogP contribution in [0.4, 0.5) is 0 Å². The molecule has 0 N–H and O–H groups in total. The number of nitriles is 1. The number of hydrogen-bond donors (Lipinski definition) is 0. The Labute approximate surface area is 126 Å². The minimum atomic E-state index is 0.524. The standard InChI is InChI=1S/C17H12BrNO/c18-10-12-5-6-14-13(9-12)11-20-17-4-2-1-3-16(17)15(14)7-8-19/h1-7,9H,10-11H2. The lowest BCUT2D eigenvalue weighted by Gasteiger charge is -2.09. The van der Waals surface area contributed by atoms with E-state index in [9.17, 15) is 0 Å². The maximum absolute atomic E-state index is 9.09. The second-order valence-electron chi connectivity index (χ2n) is 4.60. The number of halogens is 1. The number of benzene rings is 2. The summed E-state index contributed by atoms with van der Waals surface area (Å²) >= 11 is 3.47. The molecule has 0 bridgehead atoms. The summed E-state index contributed by atoms with van der Waals surface area (Å²) in [7, 11) is 0. The van der Waals surface area contributed by atoms with Gasteiger partial charge in [-0.25, -0.2) is 0 Å². The van der Waals surface area contributed by atoms with Gasteiger partial charge in [0.2, 0.25) is 0 Å². The number of para-hydroxylation sites is 1. The molecule has 98 valence electrons. The molecule has 3 rings (SSSR count). The summed E-state index contributed by atoms with van der Waals surface area (Å²) in [4.78, 5) is 0. The normalized spacial score (nSPS) is 14.7. The van der Waals surface area contributed by atoms with E-state index in [0.29, 0.717) is 6.61 Å². The van der Waals surface area contributed by atoms with E-state index in [1.807, 2.05) is 24.3 Å². The Kier molecular flexibility index (Phi) is 3.58. The van der Waals surface area contributed by atoms with E-state index in [1.165, 1.54) is 5.56 Å². The van der Waals surface area contributed by atoms with E-state index in [1.54, 1.807) is 6.08 Å². The highest BCUT2D eigenvalue weighted by molar-refractivity contribution is 9.08. The minimum Gasteiger partial charge on any atom is -0.488 e. The molecule has 0 spiro atoms. The Bertz CT molecular complexity index is 728. The predicted molar refractivity (Wildman–Crippen MR) is 82.5 cm³/mol. The van der Waals surface area contributed by atoms with Gasteiger partial charge in [0.05, 0.1) is 6.07 Å². The highest BCUT2D eigenvalue weighted by Gasteiger charge is 2.18. The second kappa shape index (κ2) is 5.52. The molecular formula is C17H12BrNO. The van der Waals surface area contributed by atoms with Gasteiger partial charge in [-0.3, -0.25) is 0 Å². The van der Waals surface area contributed by atoms with Gasteiger partial charge >= 0.3 is 0 Å². The van der Waals surface area contributed by atoms with Gasteiger partial charge in [-0.15, -0.1) is 0 Å². The highest BCUT2D eigenvalue weighted by atomic mass is 79.9. The van der Waals surface area contributed by atoms with Crippen LogP contribution in [0, 0.1) is 11.3 Å². The second-order valence-corrected chi connectivity index (χ2v) is 5.16. The monoisotopic (exact) mass is 325 g/mol. The lowest BCUT2D eigenvalue weighted by atomic mass is 9.93. The van der Waals surface area contributed by atoms with Crippen molar-refractivity contribution in [2.45, 2.75) is 11.9 Å². The molecule has 0 aliphatic carbocycles. The topological polar surface area (TPSA) is 33.0 Å². The molecule has 0 aromatic heterocycles. The van der Waals surface area contributed by atoms with Crippen molar-refractivity contribution in [1.29, 1.82) is 5.26 Å². The summed E-state index contributed by atoms with van der Waals surface area (Å²) in [6.07, 6.45) is 1.60. The highest BCUT2D eigenvalue weighted by Crippen LogP contribution is 2.36. The number of hydrogen-bond acceptors (Lipinski definition) is 2. The van der Waals surface area contributed by atoms with E-state index in [0.717, 1.165) is 33.3 Å². The van der Waals surface area contributed by atoms with Crippen molar-refractivity contribution < 1.29 is 4.74 Å². The maximum Gasteiger partial charge on any atom is 0.127 e. The van der Waals surface area contributed by atoms with Gasteiger partial charge in [0.25, 0.3) is 0 Å². The van der Waals surface area contributed by atoms with E-state index in [2.05, 4.69) is 40.2 Å². The average molecular weight is 326 g/mol. The van der Waals surface area contributed by atoms with E-state index in [-0.39, 0.29) is 0 Å². The Balaban J connectivity index is 2.23. The lowest BCUT2D eigenvalue weighted by Crippen LogP contribution is -1.96. The molecular weight excluding hydrogens is 314 g/mol. The summed E-state index contributed by atoms with van der Waals surface area (Å²) in [5.41, 5.74) is 5.28. The SMILES string of the molecule is N#CC=C1c2ccc(CBr)cc2COc2ccccc21. The van der Waals surface area contributed by atoms with Gasteiger partial charge in [-0.2, -0.15) is 5.26 Å². The molecule has 2 nitrogen and oxygen atoms in total. The van der Waals surface area contributed by atoms with Crippen LogP contribution in [-0.4, -0.2) is 0 Å². The summed E-state index contributed by atoms with van der Waals surface area (Å²) in [5, 5.41) is 9.90. The van der Waals surface area contributed by atoms with Crippen LogP contribution in [-0.2, 0) is 11.9 Å². The first kappa shape index (κ1) is 13.0. The minimum absolute atomic E-state index is 0.524. The smallest absolute Gasteiger partial charge is 0.127 e. The Morgan fingerprint density at radius 1 is 1.20 bits per heavy atom. The Hall–Kier alpha value is -2.05. The quantitative estimate of drug-likeness (QED) is 0.574. The van der Waals surface area contributed by atoms with Crippen molar-refractivity contribution in [2.75, 3.05) is 0 Å². The zero-order chi connectivity index (χ0) is 13.9. The third-order valence-corrected chi connectivity index (χ3v) is 4.03. The first-order valence-corrected chi connectivity index (χ1v) is 7.45. The lowest BCUT2D eigenvalue weighted by molar-refractivity contribution is 0.307. The largest absolute Gasteiger partial charge is 0.488 e. The summed E-state index contributed by atoms with van der Waals surface area (Å²) < 4.78 is 5.89. The molecule has 1 heterocycles. The van der Waals surface area contributed by atoms with Crippen LogP contribution in [0.3, 0.4) is 0 Å². The van der Waals surface area contributed by atoms with Crippen LogP contribution in [0.1, 0.15) is 22.3 Å². The fourth-order valence-corrected chi connectivity index (χ4v) is 2.80. The number of ether oxygens (including phenoxy) is 1. The molecule has 0 amide bonds. The fraction of sp³-hybridized carbons (Fsp3) is 0.118. The molecule has 0 radical (unpaired) electrons. The van der Waals surface area contributed by atoms with E-state index < -0.39 is 0 Å². The van der Waals surface area contributed by atoms with Gasteiger partial charge in [-0.1, -0.05) is 52.3 Å². The van der Waals surface area contributed by atoms with Crippen molar-refractivity contribution in [3.63, 3.8) is 0 Å². The molecule has 0 saturated carbocycles. The predicted octanol–water partition coefficient (Wildman–Crippen LogP) is 4.43. The molecule has 2 aromatic rings. The van der Waals surface area contributed by atoms with Crippen LogP contribution < -0.4 is 4.74 Å². The van der Waals surface area contributed by atoms with Crippen molar-refractivity contribution in [3.8, 4) is 11.8 Å². The zero-order valence-corrected chi connectivity index (χ0v) is 12.4. The Morgan fingerprint density at radius 3 is 2.85 bits per heavy atom. The molecule has 3 heteroatoms. The van der Waals surface area contributed by atoms with Crippen LogP contribution in [0.2, 0.25) is 0 Å². The van der Waals surface area contributed by atoms with Crippen LogP contribution in [0.15, 0.2) is 48.5 Å². The third-order valence-electron chi connectivity index (χ3n) is 3.38. The number of fused-ring (bicyclic) bond motifs is 2. The summed E-state index contributed by atoms with van der Waals surface area (Å²) in [6.45, 7) is 0.524. The molecule has 0 saturated heterocycles. The molecule has 0 fully saturated rings. The van der Waals surface area contributed by atoms with Crippen molar-refractivity contribution in [2.24, 2.45) is 0 Å². The van der Waals surface area contributed by atoms with Crippen molar-refractivity contribution in [3.05, 3.63) is 70.8 Å². The number of allylic oxidation sites excluding steroid dienone is 1. The Morgan fingerprint density at radius 2 is 2.05 bits per heavy atom. The number of alkyl halides is 1. The third kappa shape index (κ3) is 2.23. The molecule has 1 aliphatic heterocycles. The summed E-state index contributed by atoms with van der Waals surface area (Å²) in [5.74, 6) is 0.825.